The van der Waals surface area contributed by atoms with Crippen LogP contribution in [0.5, 0.6) is 0 Å². The van der Waals surface area contributed by atoms with E-state index >= 15 is 0 Å². The van der Waals surface area contributed by atoms with E-state index in [1.165, 1.54) is 24.6 Å². The number of anilines is 1. The Morgan fingerprint density at radius 2 is 2.12 bits per heavy atom. The molecule has 1 heterocycles. The molecule has 0 radical (unpaired) electrons. The number of alkyl halides is 1. The Morgan fingerprint density at radius 3 is 2.88 bits per heavy atom. The summed E-state index contributed by atoms with van der Waals surface area (Å²) in [5.41, 5.74) is 3.62. The smallest absolute Gasteiger partial charge is 0.191 e. The van der Waals surface area contributed by atoms with Crippen LogP contribution in [0.4, 0.5) is 10.1 Å². The van der Waals surface area contributed by atoms with Crippen LogP contribution >= 0.6 is 23.8 Å². The van der Waals surface area contributed by atoms with E-state index in [-0.39, 0.29) is 34.1 Å². The van der Waals surface area contributed by atoms with Crippen molar-refractivity contribution in [1.29, 1.82) is 0 Å². The van der Waals surface area contributed by atoms with Gasteiger partial charge in [-0.3, -0.25) is 10.2 Å². The molecule has 1 aromatic rings. The molecule has 0 spiro atoms. The Labute approximate surface area is 155 Å². The molecule has 25 heavy (non-hydrogen) atoms. The Kier molecular flexibility index (Phi) is 5.65. The maximum Gasteiger partial charge on any atom is 0.191 e. The number of carbonyl (C=O) groups is 1. The second-order valence-corrected chi connectivity index (χ2v) is 6.99. The number of nitrogens with zero attached hydrogens (tertiary/aromatic N) is 1. The molecule has 1 aromatic carbocycles. The van der Waals surface area contributed by atoms with Crippen molar-refractivity contribution in [3.63, 3.8) is 0 Å². The van der Waals surface area contributed by atoms with Crippen LogP contribution in [0.25, 0.3) is 0 Å². The molecule has 132 valence electrons. The highest BCUT2D eigenvalue weighted by Crippen LogP contribution is 2.34. The number of nitrogens with one attached hydrogen (secondary N) is 2. The van der Waals surface area contributed by atoms with Crippen LogP contribution in [-0.2, 0) is 9.53 Å². The highest BCUT2D eigenvalue weighted by atomic mass is 35.5. The summed E-state index contributed by atoms with van der Waals surface area (Å²) in [5.74, 6) is -0.554. The minimum atomic E-state index is -0.328. The van der Waals surface area contributed by atoms with Crippen LogP contribution in [0.1, 0.15) is 19.3 Å². The number of hydrogen-bond acceptors (Lipinski definition) is 4. The van der Waals surface area contributed by atoms with Gasteiger partial charge in [-0.05, 0) is 55.7 Å². The van der Waals surface area contributed by atoms with Crippen molar-refractivity contribution in [2.24, 2.45) is 11.0 Å². The Balaban J connectivity index is 1.54. The number of Topliss-reactive ketones (excluding diaryl/α,β-unsaturated/α-hetero) is 1. The van der Waals surface area contributed by atoms with Crippen molar-refractivity contribution >= 4 is 46.6 Å². The average molecular weight is 382 g/mol. The molecule has 2 aliphatic rings. The summed E-state index contributed by atoms with van der Waals surface area (Å²) in [6.45, 7) is 0. The van der Waals surface area contributed by atoms with Crippen molar-refractivity contribution < 1.29 is 13.9 Å². The third-order valence-electron chi connectivity index (χ3n) is 4.19. The SMILES string of the molecule is O=C1C(/C=N/NC(=S)Nc2ccc(F)cc2)=COC2CCC(Cl)CC12. The molecule has 1 aliphatic carbocycles. The average Bonchev–Trinajstić information content (AvgIpc) is 2.59. The zero-order chi connectivity index (χ0) is 17.8. The van der Waals surface area contributed by atoms with Crippen LogP contribution in [0, 0.1) is 11.7 Å². The van der Waals surface area contributed by atoms with Crippen LogP contribution < -0.4 is 10.7 Å². The van der Waals surface area contributed by atoms with Crippen molar-refractivity contribution in [2.45, 2.75) is 30.7 Å². The zero-order valence-corrected chi connectivity index (χ0v) is 14.8. The maximum absolute atomic E-state index is 12.9. The van der Waals surface area contributed by atoms with Crippen molar-refractivity contribution in [3.05, 3.63) is 41.9 Å². The number of allylic oxidation sites excluding steroid dienone is 1. The second kappa shape index (κ2) is 7.93. The molecule has 3 atom stereocenters. The fourth-order valence-corrected chi connectivity index (χ4v) is 3.40. The number of ether oxygens (including phenoxy) is 1. The lowest BCUT2D eigenvalue weighted by Gasteiger charge is -2.35. The largest absolute Gasteiger partial charge is 0.496 e. The molecular formula is C17H17ClFN3O2S. The molecule has 0 bridgehead atoms. The molecule has 8 heteroatoms. The van der Waals surface area contributed by atoms with Gasteiger partial charge in [-0.15, -0.1) is 11.6 Å². The molecule has 0 aromatic heterocycles. The molecule has 1 aliphatic heterocycles. The van der Waals surface area contributed by atoms with Crippen LogP contribution in [-0.4, -0.2) is 28.6 Å². The monoisotopic (exact) mass is 381 g/mol. The summed E-state index contributed by atoms with van der Waals surface area (Å²) in [7, 11) is 0. The minimum absolute atomic E-state index is 0.00966. The van der Waals surface area contributed by atoms with E-state index in [4.69, 9.17) is 28.6 Å². The Bertz CT molecular complexity index is 723. The quantitative estimate of drug-likeness (QED) is 0.364. The topological polar surface area (TPSA) is 62.7 Å². The van der Waals surface area contributed by atoms with E-state index in [9.17, 15) is 9.18 Å². The number of hydrogen-bond donors (Lipinski definition) is 2. The molecule has 5 nitrogen and oxygen atoms in total. The van der Waals surface area contributed by atoms with Gasteiger partial charge in [0, 0.05) is 11.1 Å². The standard InChI is InChI=1S/C17H17ClFN3O2S/c18-11-1-6-15-14(7-11)16(23)10(9-24-15)8-20-22-17(25)21-13-4-2-12(19)3-5-13/h2-5,8-9,11,14-15H,1,6-7H2,(H2,21,22,25)/b20-8+. The van der Waals surface area contributed by atoms with Gasteiger partial charge < -0.3 is 10.1 Å². The molecular weight excluding hydrogens is 365 g/mol. The molecule has 3 rings (SSSR count). The van der Waals surface area contributed by atoms with E-state index in [0.29, 0.717) is 17.7 Å². The first-order valence-corrected chi connectivity index (χ1v) is 8.77. The molecule has 0 saturated heterocycles. The number of rotatable bonds is 3. The van der Waals surface area contributed by atoms with Gasteiger partial charge in [0.05, 0.1) is 24.0 Å². The van der Waals surface area contributed by atoms with Gasteiger partial charge in [-0.1, -0.05) is 0 Å². The van der Waals surface area contributed by atoms with Crippen molar-refractivity contribution in [2.75, 3.05) is 5.32 Å². The number of thiocarbonyl (C=S) groups is 1. The van der Waals surface area contributed by atoms with E-state index in [1.54, 1.807) is 12.1 Å². The first-order valence-electron chi connectivity index (χ1n) is 7.92. The minimum Gasteiger partial charge on any atom is -0.496 e. The van der Waals surface area contributed by atoms with Gasteiger partial charge in [-0.2, -0.15) is 5.10 Å². The lowest BCUT2D eigenvalue weighted by Crippen LogP contribution is -2.40. The highest BCUT2D eigenvalue weighted by molar-refractivity contribution is 7.80. The number of halogens is 2. The third kappa shape index (κ3) is 4.55. The lowest BCUT2D eigenvalue weighted by molar-refractivity contribution is -0.126. The number of fused-ring (bicyclic) bond motifs is 1. The number of ketones is 1. The summed E-state index contributed by atoms with van der Waals surface area (Å²) < 4.78 is 18.5. The molecule has 3 unspecified atom stereocenters. The summed E-state index contributed by atoms with van der Waals surface area (Å²) in [4.78, 5) is 12.5. The van der Waals surface area contributed by atoms with Gasteiger partial charge in [0.2, 0.25) is 0 Å². The van der Waals surface area contributed by atoms with Crippen LogP contribution in [0.2, 0.25) is 0 Å². The van der Waals surface area contributed by atoms with E-state index in [2.05, 4.69) is 15.8 Å². The van der Waals surface area contributed by atoms with Gasteiger partial charge in [0.25, 0.3) is 0 Å². The van der Waals surface area contributed by atoms with Crippen molar-refractivity contribution in [3.8, 4) is 0 Å². The van der Waals surface area contributed by atoms with Gasteiger partial charge in [-0.25, -0.2) is 4.39 Å². The number of hydrazone groups is 1. The third-order valence-corrected chi connectivity index (χ3v) is 4.78. The van der Waals surface area contributed by atoms with Crippen molar-refractivity contribution in [1.82, 2.24) is 5.43 Å². The number of carbonyl (C=O) groups excluding carboxylic acids is 1. The summed E-state index contributed by atoms with van der Waals surface area (Å²) >= 11 is 11.3. The van der Waals surface area contributed by atoms with Gasteiger partial charge in [0.15, 0.2) is 10.9 Å². The lowest BCUT2D eigenvalue weighted by atomic mass is 9.80. The Morgan fingerprint density at radius 1 is 1.36 bits per heavy atom. The summed E-state index contributed by atoms with van der Waals surface area (Å²) in [6, 6.07) is 5.75. The Hall–Kier alpha value is -1.99. The summed E-state index contributed by atoms with van der Waals surface area (Å²) in [6.07, 6.45) is 5.00. The fourth-order valence-electron chi connectivity index (χ4n) is 2.91. The predicted molar refractivity (Wildman–Crippen MR) is 99.2 cm³/mol. The second-order valence-electron chi connectivity index (χ2n) is 5.96. The molecule has 1 fully saturated rings. The predicted octanol–water partition coefficient (Wildman–Crippen LogP) is 3.36. The van der Waals surface area contributed by atoms with Crippen LogP contribution in [0.3, 0.4) is 0 Å². The number of benzene rings is 1. The highest BCUT2D eigenvalue weighted by Gasteiger charge is 2.39. The van der Waals surface area contributed by atoms with Crippen LogP contribution in [0.15, 0.2) is 41.2 Å². The first-order chi connectivity index (χ1) is 12.0. The summed E-state index contributed by atoms with van der Waals surface area (Å²) in [5, 5.41) is 7.05. The van der Waals surface area contributed by atoms with E-state index in [0.717, 1.165) is 12.8 Å². The fraction of sp³-hybridized carbons (Fsp3) is 0.353. The van der Waals surface area contributed by atoms with E-state index < -0.39 is 0 Å². The zero-order valence-electron chi connectivity index (χ0n) is 13.2. The van der Waals surface area contributed by atoms with Gasteiger partial charge in [0.1, 0.15) is 11.9 Å². The first kappa shape index (κ1) is 17.8. The molecule has 2 N–H and O–H groups in total. The molecule has 1 saturated carbocycles. The normalized spacial score (nSPS) is 25.8. The van der Waals surface area contributed by atoms with Gasteiger partial charge >= 0.3 is 0 Å². The molecule has 0 amide bonds. The van der Waals surface area contributed by atoms with E-state index in [1.807, 2.05) is 0 Å². The maximum atomic E-state index is 12.9.